The number of aromatic nitrogens is 4. The molecule has 0 amide bonds. The number of nitrogen functional groups attached to an aromatic ring is 1. The van der Waals surface area contributed by atoms with E-state index in [-0.39, 0.29) is 12.4 Å². The fraction of sp³-hybridized carbons (Fsp3) is 0.444. The Morgan fingerprint density at radius 3 is 2.88 bits per heavy atom. The van der Waals surface area contributed by atoms with Crippen molar-refractivity contribution in [3.05, 3.63) is 12.7 Å². The van der Waals surface area contributed by atoms with Crippen molar-refractivity contribution in [1.29, 1.82) is 0 Å². The Bertz CT molecular complexity index is 557. The van der Waals surface area contributed by atoms with Gasteiger partial charge in [-0.2, -0.15) is 0 Å². The van der Waals surface area contributed by atoms with Crippen molar-refractivity contribution in [1.82, 2.24) is 19.5 Å². The van der Waals surface area contributed by atoms with Crippen LogP contribution < -0.4 is 5.73 Å². The van der Waals surface area contributed by atoms with Gasteiger partial charge in [0.25, 0.3) is 0 Å². The summed E-state index contributed by atoms with van der Waals surface area (Å²) >= 11 is 0. The summed E-state index contributed by atoms with van der Waals surface area (Å²) in [6.45, 7) is 0.0755. The molecule has 0 aliphatic carbocycles. The highest BCUT2D eigenvalue weighted by Crippen LogP contribution is 2.27. The number of hydrogen-bond donors (Lipinski definition) is 3. The van der Waals surface area contributed by atoms with Crippen molar-refractivity contribution in [3.63, 3.8) is 0 Å². The van der Waals surface area contributed by atoms with Gasteiger partial charge in [-0.15, -0.1) is 0 Å². The summed E-state index contributed by atoms with van der Waals surface area (Å²) in [6.07, 6.45) is 0.152. The van der Waals surface area contributed by atoms with Gasteiger partial charge in [0, 0.05) is 0 Å². The van der Waals surface area contributed by atoms with Crippen LogP contribution in [-0.4, -0.2) is 48.5 Å². The molecule has 8 nitrogen and oxygen atoms in total. The van der Waals surface area contributed by atoms with Gasteiger partial charge in [-0.25, -0.2) is 15.0 Å². The zero-order chi connectivity index (χ0) is 12.0. The van der Waals surface area contributed by atoms with Gasteiger partial charge in [0.1, 0.15) is 24.1 Å². The second kappa shape index (κ2) is 3.62. The average Bonchev–Trinajstić information content (AvgIpc) is 2.86. The molecule has 0 radical (unpaired) electrons. The van der Waals surface area contributed by atoms with Crippen LogP contribution in [0, 0.1) is 0 Å². The summed E-state index contributed by atoms with van der Waals surface area (Å²) in [4.78, 5) is 11.9. The predicted molar refractivity (Wildman–Crippen MR) is 56.7 cm³/mol. The van der Waals surface area contributed by atoms with Crippen molar-refractivity contribution in [2.75, 3.05) is 12.3 Å². The highest BCUT2D eigenvalue weighted by atomic mass is 16.5. The smallest absolute Gasteiger partial charge is 0.167 e. The first-order chi connectivity index (χ1) is 8.18. The van der Waals surface area contributed by atoms with Crippen molar-refractivity contribution < 1.29 is 14.9 Å². The maximum atomic E-state index is 9.76. The van der Waals surface area contributed by atoms with E-state index in [4.69, 9.17) is 10.5 Å². The molecule has 0 bridgehead atoms. The van der Waals surface area contributed by atoms with E-state index < -0.39 is 18.4 Å². The second-order valence-corrected chi connectivity index (χ2v) is 3.86. The number of nitrogens with two attached hydrogens (primary N) is 1. The number of anilines is 1. The molecule has 1 aliphatic rings. The minimum atomic E-state index is -1.01. The van der Waals surface area contributed by atoms with Crippen molar-refractivity contribution in [2.24, 2.45) is 0 Å². The van der Waals surface area contributed by atoms with Gasteiger partial charge >= 0.3 is 0 Å². The standard InChI is InChI=1S/C9H11N5O3/c10-7-5-8(12-2-11-7)14(3-13-5)9-6(16)4(15)1-17-9/h2-4,6,9,15-16H,1H2,(H2,10,11,12)/t4-,6+,9-/m1/s1. The highest BCUT2D eigenvalue weighted by molar-refractivity contribution is 5.81. The number of ether oxygens (including phenoxy) is 1. The maximum Gasteiger partial charge on any atom is 0.167 e. The van der Waals surface area contributed by atoms with Gasteiger partial charge in [-0.05, 0) is 0 Å². The van der Waals surface area contributed by atoms with E-state index in [1.807, 2.05) is 0 Å². The number of aliphatic hydroxyl groups is 2. The Morgan fingerprint density at radius 1 is 1.35 bits per heavy atom. The van der Waals surface area contributed by atoms with Crippen LogP contribution in [0.5, 0.6) is 0 Å². The monoisotopic (exact) mass is 237 g/mol. The minimum absolute atomic E-state index is 0.0755. The molecule has 3 atom stereocenters. The van der Waals surface area contributed by atoms with Crippen molar-refractivity contribution in [3.8, 4) is 0 Å². The lowest BCUT2D eigenvalue weighted by Crippen LogP contribution is -2.28. The molecular formula is C9H11N5O3. The Kier molecular flexibility index (Phi) is 2.21. The SMILES string of the molecule is Nc1ncnc2c1ncn2[C@@H]1OC[C@@H](O)[C@@H]1O. The summed E-state index contributed by atoms with van der Waals surface area (Å²) in [5.74, 6) is 0.266. The Morgan fingerprint density at radius 2 is 2.18 bits per heavy atom. The topological polar surface area (TPSA) is 119 Å². The number of hydrogen-bond acceptors (Lipinski definition) is 7. The minimum Gasteiger partial charge on any atom is -0.388 e. The first-order valence-corrected chi connectivity index (χ1v) is 5.09. The first kappa shape index (κ1) is 10.4. The molecule has 1 saturated heterocycles. The van der Waals surface area contributed by atoms with Crippen LogP contribution in [-0.2, 0) is 4.74 Å². The van der Waals surface area contributed by atoms with Crippen molar-refractivity contribution >= 4 is 17.0 Å². The molecule has 3 rings (SSSR count). The second-order valence-electron chi connectivity index (χ2n) is 3.86. The maximum absolute atomic E-state index is 9.76. The molecule has 2 aromatic heterocycles. The fourth-order valence-electron chi connectivity index (χ4n) is 1.89. The van der Waals surface area contributed by atoms with E-state index >= 15 is 0 Å². The third-order valence-corrected chi connectivity index (χ3v) is 2.79. The number of imidazole rings is 1. The number of nitrogens with zero attached hydrogens (tertiary/aromatic N) is 4. The van der Waals surface area contributed by atoms with Crippen molar-refractivity contribution in [2.45, 2.75) is 18.4 Å². The molecule has 4 N–H and O–H groups in total. The van der Waals surface area contributed by atoms with Gasteiger partial charge in [0.05, 0.1) is 12.9 Å². The first-order valence-electron chi connectivity index (χ1n) is 5.09. The quantitative estimate of drug-likeness (QED) is 0.561. The summed E-state index contributed by atoms with van der Waals surface area (Å²) in [5, 5.41) is 19.2. The number of aliphatic hydroxyl groups excluding tert-OH is 2. The van der Waals surface area contributed by atoms with Crippen LogP contribution in [0.2, 0.25) is 0 Å². The van der Waals surface area contributed by atoms with Gasteiger partial charge in [-0.3, -0.25) is 4.57 Å². The normalized spacial score (nSPS) is 28.9. The summed E-state index contributed by atoms with van der Waals surface area (Å²) in [6, 6.07) is 0. The molecule has 2 aromatic rings. The zero-order valence-electron chi connectivity index (χ0n) is 8.76. The average molecular weight is 237 g/mol. The van der Waals surface area contributed by atoms with Crippen LogP contribution in [0.1, 0.15) is 6.23 Å². The molecule has 0 aromatic carbocycles. The summed E-state index contributed by atoms with van der Waals surface area (Å²) in [7, 11) is 0. The van der Waals surface area contributed by atoms with Crippen LogP contribution >= 0.6 is 0 Å². The van der Waals surface area contributed by atoms with Gasteiger partial charge in [-0.1, -0.05) is 0 Å². The third kappa shape index (κ3) is 1.46. The van der Waals surface area contributed by atoms with Crippen LogP contribution in [0.4, 0.5) is 5.82 Å². The van der Waals surface area contributed by atoms with Crippen LogP contribution in [0.3, 0.4) is 0 Å². The molecule has 0 spiro atoms. The lowest BCUT2D eigenvalue weighted by atomic mass is 10.2. The predicted octanol–water partition coefficient (Wildman–Crippen LogP) is -1.34. The molecule has 0 saturated carbocycles. The molecule has 1 aliphatic heterocycles. The van der Waals surface area contributed by atoms with E-state index in [1.54, 1.807) is 0 Å². The molecule has 1 fully saturated rings. The zero-order valence-corrected chi connectivity index (χ0v) is 8.76. The number of rotatable bonds is 1. The van der Waals surface area contributed by atoms with E-state index in [0.717, 1.165) is 0 Å². The highest BCUT2D eigenvalue weighted by Gasteiger charge is 2.36. The van der Waals surface area contributed by atoms with Gasteiger partial charge in [0.15, 0.2) is 17.7 Å². The van der Waals surface area contributed by atoms with E-state index in [0.29, 0.717) is 11.2 Å². The lowest BCUT2D eigenvalue weighted by molar-refractivity contribution is -0.0162. The Labute approximate surface area is 95.7 Å². The summed E-state index contributed by atoms with van der Waals surface area (Å²) in [5.41, 5.74) is 6.57. The van der Waals surface area contributed by atoms with Crippen LogP contribution in [0.25, 0.3) is 11.2 Å². The largest absolute Gasteiger partial charge is 0.388 e. The Hall–Kier alpha value is -1.77. The van der Waals surface area contributed by atoms with E-state index in [9.17, 15) is 10.2 Å². The molecule has 3 heterocycles. The lowest BCUT2D eigenvalue weighted by Gasteiger charge is -2.16. The third-order valence-electron chi connectivity index (χ3n) is 2.79. The van der Waals surface area contributed by atoms with Gasteiger partial charge in [0.2, 0.25) is 0 Å². The van der Waals surface area contributed by atoms with Gasteiger partial charge < -0.3 is 20.7 Å². The number of fused-ring (bicyclic) bond motifs is 1. The van der Waals surface area contributed by atoms with Crippen LogP contribution in [0.15, 0.2) is 12.7 Å². The molecule has 90 valence electrons. The molecule has 8 heteroatoms. The molecule has 17 heavy (non-hydrogen) atoms. The molecule has 0 unspecified atom stereocenters. The summed E-state index contributed by atoms with van der Waals surface area (Å²) < 4.78 is 6.83. The fourth-order valence-corrected chi connectivity index (χ4v) is 1.89. The van der Waals surface area contributed by atoms with E-state index in [2.05, 4.69) is 15.0 Å². The molecular weight excluding hydrogens is 226 g/mol. The Balaban J connectivity index is 2.10. The van der Waals surface area contributed by atoms with E-state index in [1.165, 1.54) is 17.2 Å².